The van der Waals surface area contributed by atoms with Crippen LogP contribution in [0.5, 0.6) is 0 Å². The average Bonchev–Trinajstić information content (AvgIpc) is 3.03. The van der Waals surface area contributed by atoms with Gasteiger partial charge >= 0.3 is 5.76 Å². The van der Waals surface area contributed by atoms with Gasteiger partial charge in [-0.15, -0.1) is 5.10 Å². The van der Waals surface area contributed by atoms with E-state index in [1.54, 1.807) is 0 Å². The van der Waals surface area contributed by atoms with Crippen LogP contribution >= 0.6 is 0 Å². The molecule has 1 aromatic heterocycles. The van der Waals surface area contributed by atoms with E-state index in [4.69, 9.17) is 4.42 Å². The second kappa shape index (κ2) is 8.82. The fourth-order valence-corrected chi connectivity index (χ4v) is 3.18. The van der Waals surface area contributed by atoms with E-state index >= 15 is 0 Å². The molecule has 0 radical (unpaired) electrons. The number of rotatable bonds is 8. The summed E-state index contributed by atoms with van der Waals surface area (Å²) in [6, 6.07) is 16.1. The van der Waals surface area contributed by atoms with E-state index in [0.717, 1.165) is 31.5 Å². The van der Waals surface area contributed by atoms with Crippen LogP contribution in [-0.4, -0.2) is 28.3 Å². The standard InChI is InChI=1S/C22H27N3O2/c1-17-11-12-20(18(2)15-17)16-24(3)13-7-8-14-25-22(26)27-21(23-25)19-9-5-4-6-10-19/h4-6,9-12,15H,7-8,13-14,16H2,1-3H3. The molecule has 1 heterocycles. The minimum atomic E-state index is -0.391. The first kappa shape index (κ1) is 19.1. The highest BCUT2D eigenvalue weighted by Gasteiger charge is 2.10. The molecule has 5 heteroatoms. The predicted octanol–water partition coefficient (Wildman–Crippen LogP) is 4.03. The second-order valence-electron chi connectivity index (χ2n) is 7.14. The lowest BCUT2D eigenvalue weighted by molar-refractivity contribution is 0.312. The van der Waals surface area contributed by atoms with Crippen LogP contribution < -0.4 is 5.76 Å². The summed E-state index contributed by atoms with van der Waals surface area (Å²) in [5, 5.41) is 4.31. The summed E-state index contributed by atoms with van der Waals surface area (Å²) in [6.45, 7) is 6.78. The zero-order valence-electron chi connectivity index (χ0n) is 16.3. The number of aromatic nitrogens is 2. The summed E-state index contributed by atoms with van der Waals surface area (Å²) < 4.78 is 6.69. The first-order chi connectivity index (χ1) is 13.0. The molecule has 0 amide bonds. The normalized spacial score (nSPS) is 11.3. The molecule has 0 bridgehead atoms. The molecule has 27 heavy (non-hydrogen) atoms. The van der Waals surface area contributed by atoms with Gasteiger partial charge in [0, 0.05) is 18.7 Å². The summed E-state index contributed by atoms with van der Waals surface area (Å²) in [5.74, 6) is -0.00921. The van der Waals surface area contributed by atoms with Crippen LogP contribution in [-0.2, 0) is 13.1 Å². The fraction of sp³-hybridized carbons (Fsp3) is 0.364. The molecule has 2 aromatic carbocycles. The maximum atomic E-state index is 12.0. The van der Waals surface area contributed by atoms with Crippen LogP contribution in [0.15, 0.2) is 57.7 Å². The monoisotopic (exact) mass is 365 g/mol. The molecule has 0 unspecified atom stereocenters. The number of hydrogen-bond donors (Lipinski definition) is 0. The van der Waals surface area contributed by atoms with Gasteiger partial charge in [-0.25, -0.2) is 4.79 Å². The van der Waals surface area contributed by atoms with E-state index < -0.39 is 5.76 Å². The third-order valence-corrected chi connectivity index (χ3v) is 4.73. The van der Waals surface area contributed by atoms with E-state index in [1.807, 2.05) is 30.3 Å². The van der Waals surface area contributed by atoms with E-state index in [9.17, 15) is 4.79 Å². The van der Waals surface area contributed by atoms with Crippen molar-refractivity contribution in [3.8, 4) is 11.5 Å². The van der Waals surface area contributed by atoms with E-state index in [2.05, 4.69) is 49.1 Å². The minimum Gasteiger partial charge on any atom is -0.388 e. The Morgan fingerprint density at radius 3 is 2.59 bits per heavy atom. The topological polar surface area (TPSA) is 51.3 Å². The van der Waals surface area contributed by atoms with Gasteiger partial charge in [-0.05, 0) is 63.5 Å². The van der Waals surface area contributed by atoms with Crippen molar-refractivity contribution in [2.24, 2.45) is 0 Å². The summed E-state index contributed by atoms with van der Waals surface area (Å²) in [5.41, 5.74) is 4.82. The van der Waals surface area contributed by atoms with Gasteiger partial charge < -0.3 is 9.32 Å². The maximum Gasteiger partial charge on any atom is 0.437 e. The third kappa shape index (κ3) is 5.17. The van der Waals surface area contributed by atoms with Gasteiger partial charge in [0.05, 0.1) is 0 Å². The highest BCUT2D eigenvalue weighted by atomic mass is 16.4. The van der Waals surface area contributed by atoms with Crippen LogP contribution in [0.4, 0.5) is 0 Å². The van der Waals surface area contributed by atoms with Gasteiger partial charge in [-0.3, -0.25) is 0 Å². The molecule has 142 valence electrons. The quantitative estimate of drug-likeness (QED) is 0.566. The lowest BCUT2D eigenvalue weighted by atomic mass is 10.1. The molecule has 0 aliphatic heterocycles. The summed E-state index contributed by atoms with van der Waals surface area (Å²) in [4.78, 5) is 14.3. The summed E-state index contributed by atoms with van der Waals surface area (Å²) >= 11 is 0. The number of aryl methyl sites for hydroxylation is 3. The van der Waals surface area contributed by atoms with Crippen LogP contribution in [0.2, 0.25) is 0 Å². The summed E-state index contributed by atoms with van der Waals surface area (Å²) in [6.07, 6.45) is 1.89. The van der Waals surface area contributed by atoms with Gasteiger partial charge in [0.15, 0.2) is 0 Å². The zero-order valence-corrected chi connectivity index (χ0v) is 16.3. The lowest BCUT2D eigenvalue weighted by Gasteiger charge is -2.18. The zero-order chi connectivity index (χ0) is 19.2. The number of hydrogen-bond acceptors (Lipinski definition) is 4. The van der Waals surface area contributed by atoms with Crippen molar-refractivity contribution in [2.45, 2.75) is 39.8 Å². The number of unbranched alkanes of at least 4 members (excludes halogenated alkanes) is 1. The molecule has 0 spiro atoms. The predicted molar refractivity (Wildman–Crippen MR) is 108 cm³/mol. The summed E-state index contributed by atoms with van der Waals surface area (Å²) in [7, 11) is 2.13. The second-order valence-corrected chi connectivity index (χ2v) is 7.14. The van der Waals surface area contributed by atoms with Crippen molar-refractivity contribution in [1.29, 1.82) is 0 Å². The molecule has 0 saturated carbocycles. The van der Waals surface area contributed by atoms with E-state index in [0.29, 0.717) is 12.4 Å². The van der Waals surface area contributed by atoms with Gasteiger partial charge in [0.1, 0.15) is 0 Å². The Morgan fingerprint density at radius 2 is 1.85 bits per heavy atom. The Labute approximate surface area is 160 Å². The van der Waals surface area contributed by atoms with Gasteiger partial charge in [-0.1, -0.05) is 42.0 Å². The lowest BCUT2D eigenvalue weighted by Crippen LogP contribution is -2.21. The fourth-order valence-electron chi connectivity index (χ4n) is 3.18. The van der Waals surface area contributed by atoms with Gasteiger partial charge in [-0.2, -0.15) is 4.68 Å². The molecule has 0 atom stereocenters. The Balaban J connectivity index is 1.47. The number of benzene rings is 2. The van der Waals surface area contributed by atoms with Crippen molar-refractivity contribution in [2.75, 3.05) is 13.6 Å². The van der Waals surface area contributed by atoms with E-state index in [1.165, 1.54) is 21.4 Å². The molecule has 3 rings (SSSR count). The van der Waals surface area contributed by atoms with Crippen molar-refractivity contribution < 1.29 is 4.42 Å². The maximum absolute atomic E-state index is 12.0. The molecule has 0 saturated heterocycles. The first-order valence-electron chi connectivity index (χ1n) is 9.41. The SMILES string of the molecule is Cc1ccc(CN(C)CCCCn2nc(-c3ccccc3)oc2=O)c(C)c1. The van der Waals surface area contributed by atoms with E-state index in [-0.39, 0.29) is 0 Å². The Kier molecular flexibility index (Phi) is 6.24. The minimum absolute atomic E-state index is 0.382. The van der Waals surface area contributed by atoms with Gasteiger partial charge in [0.2, 0.25) is 5.89 Å². The van der Waals surface area contributed by atoms with Crippen LogP contribution in [0.1, 0.15) is 29.5 Å². The van der Waals surface area contributed by atoms with Crippen molar-refractivity contribution in [1.82, 2.24) is 14.7 Å². The molecule has 0 fully saturated rings. The van der Waals surface area contributed by atoms with Crippen LogP contribution in [0.3, 0.4) is 0 Å². The third-order valence-electron chi connectivity index (χ3n) is 4.73. The molecule has 0 aliphatic carbocycles. The Hall–Kier alpha value is -2.66. The largest absolute Gasteiger partial charge is 0.437 e. The molecular weight excluding hydrogens is 338 g/mol. The van der Waals surface area contributed by atoms with Crippen LogP contribution in [0, 0.1) is 13.8 Å². The molecule has 0 aliphatic rings. The molecule has 3 aromatic rings. The van der Waals surface area contributed by atoms with Crippen LogP contribution in [0.25, 0.3) is 11.5 Å². The van der Waals surface area contributed by atoms with Crippen molar-refractivity contribution >= 4 is 0 Å². The molecule has 0 N–H and O–H groups in total. The van der Waals surface area contributed by atoms with Gasteiger partial charge in [0.25, 0.3) is 0 Å². The van der Waals surface area contributed by atoms with Crippen molar-refractivity contribution in [3.05, 3.63) is 75.8 Å². The number of nitrogens with zero attached hydrogens (tertiary/aromatic N) is 3. The highest BCUT2D eigenvalue weighted by Crippen LogP contribution is 2.15. The average molecular weight is 365 g/mol. The smallest absolute Gasteiger partial charge is 0.388 e. The highest BCUT2D eigenvalue weighted by molar-refractivity contribution is 5.51. The van der Waals surface area contributed by atoms with Crippen molar-refractivity contribution in [3.63, 3.8) is 0 Å². The Bertz CT molecular complexity index is 928. The molecular formula is C22H27N3O2. The molecule has 5 nitrogen and oxygen atoms in total. The first-order valence-corrected chi connectivity index (χ1v) is 9.41. The Morgan fingerprint density at radius 1 is 1.07 bits per heavy atom.